The third-order valence-electron chi connectivity index (χ3n) is 4.43. The molecule has 0 saturated carbocycles. The van der Waals surface area contributed by atoms with Crippen LogP contribution in [0.25, 0.3) is 11.2 Å². The molecule has 3 rings (SSSR count). The van der Waals surface area contributed by atoms with E-state index in [9.17, 15) is 0 Å². The van der Waals surface area contributed by atoms with Crippen LogP contribution in [0.3, 0.4) is 0 Å². The summed E-state index contributed by atoms with van der Waals surface area (Å²) >= 11 is 0. The van der Waals surface area contributed by atoms with Gasteiger partial charge in [0.2, 0.25) is 0 Å². The first-order chi connectivity index (χ1) is 9.99. The van der Waals surface area contributed by atoms with Gasteiger partial charge in [-0.25, -0.2) is 9.97 Å². The summed E-state index contributed by atoms with van der Waals surface area (Å²) in [7, 11) is 0. The number of likely N-dealkylation sites (tertiary alicyclic amines) is 1. The maximum atomic E-state index is 4.85. The van der Waals surface area contributed by atoms with E-state index in [1.54, 1.807) is 0 Å². The molecule has 2 aromatic heterocycles. The highest BCUT2D eigenvalue weighted by Gasteiger charge is 2.27. The van der Waals surface area contributed by atoms with Crippen LogP contribution in [0.5, 0.6) is 0 Å². The molecule has 3 heterocycles. The van der Waals surface area contributed by atoms with Crippen molar-refractivity contribution in [2.75, 3.05) is 19.6 Å². The Morgan fingerprint density at radius 3 is 2.81 bits per heavy atom. The van der Waals surface area contributed by atoms with Crippen molar-refractivity contribution >= 4 is 11.2 Å². The van der Waals surface area contributed by atoms with Crippen LogP contribution in [0.2, 0.25) is 0 Å². The summed E-state index contributed by atoms with van der Waals surface area (Å²) in [6, 6.07) is 4.04. The highest BCUT2D eigenvalue weighted by molar-refractivity contribution is 5.71. The number of aromatic nitrogens is 3. The molecule has 1 unspecified atom stereocenters. The number of hydrogen-bond acceptors (Lipinski definition) is 3. The van der Waals surface area contributed by atoms with Crippen molar-refractivity contribution in [1.82, 2.24) is 19.4 Å². The number of rotatable bonds is 3. The molecular weight excluding hydrogens is 260 g/mol. The largest absolute Gasteiger partial charge is 0.312 e. The number of hydrogen-bond donors (Lipinski definition) is 0. The molecule has 0 radical (unpaired) electrons. The van der Waals surface area contributed by atoms with Gasteiger partial charge in [-0.05, 0) is 37.6 Å². The van der Waals surface area contributed by atoms with Gasteiger partial charge in [0, 0.05) is 24.7 Å². The van der Waals surface area contributed by atoms with E-state index in [2.05, 4.69) is 48.2 Å². The lowest BCUT2D eigenvalue weighted by atomic mass is 9.95. The van der Waals surface area contributed by atoms with Crippen LogP contribution in [-0.4, -0.2) is 39.1 Å². The van der Waals surface area contributed by atoms with Gasteiger partial charge in [0.1, 0.15) is 11.3 Å². The summed E-state index contributed by atoms with van der Waals surface area (Å²) in [6.07, 6.45) is 3.16. The zero-order chi connectivity index (χ0) is 15.0. The van der Waals surface area contributed by atoms with E-state index in [1.807, 2.05) is 12.3 Å². The zero-order valence-electron chi connectivity index (χ0n) is 13.6. The number of imidazole rings is 1. The molecule has 2 aromatic rings. The average Bonchev–Trinajstić information content (AvgIpc) is 3.04. The van der Waals surface area contributed by atoms with Crippen molar-refractivity contribution in [3.05, 3.63) is 24.2 Å². The van der Waals surface area contributed by atoms with Gasteiger partial charge in [0.25, 0.3) is 0 Å². The second-order valence-corrected chi connectivity index (χ2v) is 7.19. The predicted molar refractivity (Wildman–Crippen MR) is 86.4 cm³/mol. The van der Waals surface area contributed by atoms with Gasteiger partial charge < -0.3 is 9.47 Å². The van der Waals surface area contributed by atoms with Gasteiger partial charge in [-0.3, -0.25) is 0 Å². The molecule has 1 atom stereocenters. The summed E-state index contributed by atoms with van der Waals surface area (Å²) in [5.74, 6) is 1.87. The monoisotopic (exact) mass is 286 g/mol. The fourth-order valence-corrected chi connectivity index (χ4v) is 3.31. The van der Waals surface area contributed by atoms with Crippen LogP contribution in [0.4, 0.5) is 0 Å². The third-order valence-corrected chi connectivity index (χ3v) is 4.43. The highest BCUT2D eigenvalue weighted by atomic mass is 15.2. The highest BCUT2D eigenvalue weighted by Crippen LogP contribution is 2.28. The first-order valence-corrected chi connectivity index (χ1v) is 8.03. The number of fused-ring (bicyclic) bond motifs is 1. The summed E-state index contributed by atoms with van der Waals surface area (Å²) in [4.78, 5) is 12.0. The minimum Gasteiger partial charge on any atom is -0.312 e. The second kappa shape index (κ2) is 5.41. The molecular formula is C17H26N4. The van der Waals surface area contributed by atoms with Gasteiger partial charge >= 0.3 is 0 Å². The molecule has 0 N–H and O–H groups in total. The maximum Gasteiger partial charge on any atom is 0.160 e. The number of nitrogens with zero attached hydrogens (tertiary/aromatic N) is 4. The molecule has 114 valence electrons. The summed E-state index contributed by atoms with van der Waals surface area (Å²) in [5.41, 5.74) is 2.11. The molecule has 1 fully saturated rings. The molecule has 0 bridgehead atoms. The van der Waals surface area contributed by atoms with E-state index in [1.165, 1.54) is 19.5 Å². The zero-order valence-corrected chi connectivity index (χ0v) is 13.6. The molecule has 4 heteroatoms. The van der Waals surface area contributed by atoms with Crippen LogP contribution in [-0.2, 0) is 12.0 Å². The first kappa shape index (κ1) is 14.5. The van der Waals surface area contributed by atoms with E-state index < -0.39 is 0 Å². The topological polar surface area (TPSA) is 34.0 Å². The molecule has 1 saturated heterocycles. The van der Waals surface area contributed by atoms with Crippen LogP contribution < -0.4 is 0 Å². The van der Waals surface area contributed by atoms with Crippen LogP contribution in [0, 0.1) is 5.92 Å². The molecule has 0 spiro atoms. The lowest BCUT2D eigenvalue weighted by molar-refractivity contribution is 0.330. The van der Waals surface area contributed by atoms with Crippen LogP contribution >= 0.6 is 0 Å². The average molecular weight is 286 g/mol. The molecule has 0 amide bonds. The van der Waals surface area contributed by atoms with E-state index in [4.69, 9.17) is 4.98 Å². The molecule has 0 aliphatic carbocycles. The lowest BCUT2D eigenvalue weighted by Gasteiger charge is -2.22. The second-order valence-electron chi connectivity index (χ2n) is 7.19. The Labute approximate surface area is 127 Å². The van der Waals surface area contributed by atoms with Gasteiger partial charge in [-0.2, -0.15) is 0 Å². The van der Waals surface area contributed by atoms with E-state index in [0.717, 1.165) is 30.1 Å². The molecule has 1 aliphatic heterocycles. The van der Waals surface area contributed by atoms with Crippen LogP contribution in [0.1, 0.15) is 39.9 Å². The van der Waals surface area contributed by atoms with E-state index in [0.29, 0.717) is 5.92 Å². The Kier molecular flexibility index (Phi) is 3.74. The van der Waals surface area contributed by atoms with Crippen molar-refractivity contribution in [3.63, 3.8) is 0 Å². The van der Waals surface area contributed by atoms with Gasteiger partial charge in [-0.15, -0.1) is 0 Å². The molecule has 1 aliphatic rings. The molecule has 21 heavy (non-hydrogen) atoms. The summed E-state index contributed by atoms with van der Waals surface area (Å²) in [5, 5.41) is 0. The minimum absolute atomic E-state index is 0.0454. The number of pyridine rings is 1. The standard InChI is InChI=1S/C17H26N4/c1-5-20-10-8-13(11-20)12-21-15-14(7-6-9-18-15)19-16(21)17(2,3)4/h6-7,9,13H,5,8,10-12H2,1-4H3. The normalized spacial score (nSPS) is 20.5. The van der Waals surface area contributed by atoms with Gasteiger partial charge in [-0.1, -0.05) is 27.7 Å². The van der Waals surface area contributed by atoms with Gasteiger partial charge in [0.05, 0.1) is 0 Å². The fourth-order valence-electron chi connectivity index (χ4n) is 3.31. The smallest absolute Gasteiger partial charge is 0.160 e. The lowest BCUT2D eigenvalue weighted by Crippen LogP contribution is -2.24. The Morgan fingerprint density at radius 2 is 2.14 bits per heavy atom. The van der Waals surface area contributed by atoms with Crippen molar-refractivity contribution in [1.29, 1.82) is 0 Å². The summed E-state index contributed by atoms with van der Waals surface area (Å²) in [6.45, 7) is 13.6. The van der Waals surface area contributed by atoms with E-state index in [-0.39, 0.29) is 5.41 Å². The Bertz CT molecular complexity index is 623. The summed E-state index contributed by atoms with van der Waals surface area (Å²) < 4.78 is 2.36. The van der Waals surface area contributed by atoms with Gasteiger partial charge in [0.15, 0.2) is 5.65 Å². The Hall–Kier alpha value is -1.42. The third kappa shape index (κ3) is 2.82. The maximum absolute atomic E-state index is 4.85. The Balaban J connectivity index is 1.96. The van der Waals surface area contributed by atoms with Crippen molar-refractivity contribution < 1.29 is 0 Å². The minimum atomic E-state index is 0.0454. The Morgan fingerprint density at radius 1 is 1.33 bits per heavy atom. The quantitative estimate of drug-likeness (QED) is 0.869. The fraction of sp³-hybridized carbons (Fsp3) is 0.647. The van der Waals surface area contributed by atoms with Crippen molar-refractivity contribution in [3.8, 4) is 0 Å². The SMILES string of the molecule is CCN1CCC(Cn2c(C(C)(C)C)nc3cccnc32)C1. The van der Waals surface area contributed by atoms with E-state index >= 15 is 0 Å². The van der Waals surface area contributed by atoms with Crippen LogP contribution in [0.15, 0.2) is 18.3 Å². The predicted octanol–water partition coefficient (Wildman–Crippen LogP) is 3.07. The van der Waals surface area contributed by atoms with Crippen molar-refractivity contribution in [2.45, 2.75) is 46.1 Å². The molecule has 0 aromatic carbocycles. The molecule has 4 nitrogen and oxygen atoms in total. The van der Waals surface area contributed by atoms with Crippen molar-refractivity contribution in [2.24, 2.45) is 5.92 Å². The first-order valence-electron chi connectivity index (χ1n) is 8.03.